The van der Waals surface area contributed by atoms with Crippen LogP contribution >= 0.6 is 0 Å². The number of hydrogen-bond donors (Lipinski definition) is 2. The molecule has 0 radical (unpaired) electrons. The molecule has 4 aromatic heterocycles. The third-order valence-electron chi connectivity index (χ3n) is 5.46. The third kappa shape index (κ3) is 3.06. The Morgan fingerprint density at radius 1 is 1.19 bits per heavy atom. The van der Waals surface area contributed by atoms with Crippen LogP contribution in [0, 0.1) is 5.82 Å². The zero-order valence-electron chi connectivity index (χ0n) is 17.3. The van der Waals surface area contributed by atoms with Crippen LogP contribution < -0.4 is 10.9 Å². The molecule has 160 valence electrons. The Morgan fingerprint density at radius 2 is 1.97 bits per heavy atom. The molecule has 0 aliphatic rings. The van der Waals surface area contributed by atoms with E-state index in [1.54, 1.807) is 24.5 Å². The van der Waals surface area contributed by atoms with Crippen molar-refractivity contribution in [3.05, 3.63) is 88.7 Å². The second kappa shape index (κ2) is 7.45. The second-order valence-corrected chi connectivity index (χ2v) is 7.52. The number of ketones is 1. The molecule has 0 saturated carbocycles. The molecule has 8 nitrogen and oxygen atoms in total. The van der Waals surface area contributed by atoms with E-state index in [2.05, 4.69) is 20.3 Å². The summed E-state index contributed by atoms with van der Waals surface area (Å²) < 4.78 is 17.3. The number of nitrogens with zero attached hydrogens (tertiary/aromatic N) is 4. The zero-order valence-corrected chi connectivity index (χ0v) is 17.3. The van der Waals surface area contributed by atoms with Crippen LogP contribution in [0.4, 0.5) is 10.2 Å². The molecule has 9 heteroatoms. The minimum absolute atomic E-state index is 0.0290. The van der Waals surface area contributed by atoms with Crippen LogP contribution in [-0.2, 0) is 0 Å². The molecule has 32 heavy (non-hydrogen) atoms. The summed E-state index contributed by atoms with van der Waals surface area (Å²) in [5, 5.41) is 3.88. The average molecular weight is 430 g/mol. The Bertz CT molecular complexity index is 1530. The van der Waals surface area contributed by atoms with Gasteiger partial charge in [0.25, 0.3) is 5.56 Å². The molecule has 0 aliphatic carbocycles. The lowest BCUT2D eigenvalue weighted by molar-refractivity contribution is 0.101. The summed E-state index contributed by atoms with van der Waals surface area (Å²) in [4.78, 5) is 36.9. The summed E-state index contributed by atoms with van der Waals surface area (Å²) >= 11 is 0. The lowest BCUT2D eigenvalue weighted by Gasteiger charge is -2.21. The van der Waals surface area contributed by atoms with E-state index in [1.807, 2.05) is 25.1 Å². The van der Waals surface area contributed by atoms with E-state index < -0.39 is 17.4 Å². The van der Waals surface area contributed by atoms with Crippen LogP contribution in [0.2, 0.25) is 0 Å². The fraction of sp³-hybridized carbons (Fsp3) is 0.130. The van der Waals surface area contributed by atoms with E-state index in [4.69, 9.17) is 0 Å². The summed E-state index contributed by atoms with van der Waals surface area (Å²) in [7, 11) is 0. The molecule has 0 saturated heterocycles. The van der Waals surface area contributed by atoms with Gasteiger partial charge in [0.2, 0.25) is 0 Å². The van der Waals surface area contributed by atoms with Crippen molar-refractivity contribution < 1.29 is 9.18 Å². The van der Waals surface area contributed by atoms with Gasteiger partial charge in [-0.25, -0.2) is 14.4 Å². The number of nitrogens with one attached hydrogen (secondary N) is 2. The molecule has 0 amide bonds. The monoisotopic (exact) mass is 430 g/mol. The zero-order chi connectivity index (χ0) is 22.4. The van der Waals surface area contributed by atoms with E-state index >= 15 is 0 Å². The number of rotatable bonds is 5. The smallest absolute Gasteiger partial charge is 0.282 e. The van der Waals surface area contributed by atoms with Gasteiger partial charge in [0, 0.05) is 29.8 Å². The van der Waals surface area contributed by atoms with Gasteiger partial charge in [-0.2, -0.15) is 0 Å². The number of para-hydroxylation sites is 1. The number of anilines is 1. The van der Waals surface area contributed by atoms with E-state index in [0.717, 1.165) is 0 Å². The van der Waals surface area contributed by atoms with Gasteiger partial charge in [0.05, 0.1) is 17.1 Å². The number of aromatic nitrogens is 5. The number of carbonyl (C=O) groups excluding carboxylic acids is 1. The summed E-state index contributed by atoms with van der Waals surface area (Å²) in [5.41, 5.74) is 1.71. The lowest BCUT2D eigenvalue weighted by Crippen LogP contribution is -2.27. The van der Waals surface area contributed by atoms with Crippen LogP contribution in [-0.4, -0.2) is 29.7 Å². The number of hydrogen-bond acceptors (Lipinski definition) is 5. The Balaban J connectivity index is 1.69. The molecule has 0 unspecified atom stereocenters. The van der Waals surface area contributed by atoms with Crippen LogP contribution in [0.15, 0.2) is 66.1 Å². The van der Waals surface area contributed by atoms with Crippen molar-refractivity contribution in [3.8, 4) is 5.69 Å². The van der Waals surface area contributed by atoms with Crippen molar-refractivity contribution in [2.45, 2.75) is 19.9 Å². The van der Waals surface area contributed by atoms with Crippen molar-refractivity contribution >= 4 is 28.2 Å². The van der Waals surface area contributed by atoms with Gasteiger partial charge in [0.1, 0.15) is 23.3 Å². The van der Waals surface area contributed by atoms with E-state index in [9.17, 15) is 14.0 Å². The summed E-state index contributed by atoms with van der Waals surface area (Å²) in [6.07, 6.45) is 6.23. The molecule has 0 spiro atoms. The van der Waals surface area contributed by atoms with Crippen molar-refractivity contribution in [3.63, 3.8) is 0 Å². The largest absolute Gasteiger partial charge is 0.361 e. The summed E-state index contributed by atoms with van der Waals surface area (Å²) in [6, 6.07) is 9.89. The van der Waals surface area contributed by atoms with Crippen molar-refractivity contribution in [1.29, 1.82) is 0 Å². The number of fused-ring (bicyclic) bond motifs is 2. The van der Waals surface area contributed by atoms with Gasteiger partial charge in [-0.05, 0) is 32.0 Å². The SMILES string of the molecule is CC(=O)c1c[nH]c2ncnc(N[C@@H](C)c3cn4ccc(F)c4c(=O)n3-c3ccccc3)c12. The van der Waals surface area contributed by atoms with Gasteiger partial charge >= 0.3 is 0 Å². The first kappa shape index (κ1) is 19.7. The number of H-pyrrole nitrogens is 1. The molecule has 1 aromatic carbocycles. The maximum Gasteiger partial charge on any atom is 0.282 e. The highest BCUT2D eigenvalue weighted by molar-refractivity contribution is 6.09. The third-order valence-corrected chi connectivity index (χ3v) is 5.46. The predicted octanol–water partition coefficient (Wildman–Crippen LogP) is 3.88. The molecular weight excluding hydrogens is 411 g/mol. The van der Waals surface area contributed by atoms with Crippen LogP contribution in [0.5, 0.6) is 0 Å². The average Bonchev–Trinajstić information content (AvgIpc) is 3.39. The van der Waals surface area contributed by atoms with Gasteiger partial charge in [-0.3, -0.25) is 14.2 Å². The first-order valence-corrected chi connectivity index (χ1v) is 10.0. The van der Waals surface area contributed by atoms with Crippen molar-refractivity contribution in [2.24, 2.45) is 0 Å². The number of Topliss-reactive ketones (excluding diaryl/α,β-unsaturated/α-hetero) is 1. The topological polar surface area (TPSA) is 97.1 Å². The fourth-order valence-corrected chi connectivity index (χ4v) is 3.94. The fourth-order valence-electron chi connectivity index (χ4n) is 3.94. The Labute approximate surface area is 181 Å². The highest BCUT2D eigenvalue weighted by Crippen LogP contribution is 2.28. The van der Waals surface area contributed by atoms with E-state index in [-0.39, 0.29) is 11.3 Å². The molecule has 4 heterocycles. The summed E-state index contributed by atoms with van der Waals surface area (Å²) in [6.45, 7) is 3.35. The molecule has 1 atom stereocenters. The van der Waals surface area contributed by atoms with Gasteiger partial charge in [-0.1, -0.05) is 18.2 Å². The maximum absolute atomic E-state index is 14.3. The number of carbonyl (C=O) groups is 1. The van der Waals surface area contributed by atoms with Gasteiger partial charge in [-0.15, -0.1) is 0 Å². The van der Waals surface area contributed by atoms with E-state index in [0.29, 0.717) is 33.8 Å². The first-order valence-electron chi connectivity index (χ1n) is 10.0. The highest BCUT2D eigenvalue weighted by Gasteiger charge is 2.21. The number of aromatic amines is 1. The lowest BCUT2D eigenvalue weighted by atomic mass is 10.1. The molecule has 0 fully saturated rings. The van der Waals surface area contributed by atoms with Crippen molar-refractivity contribution in [1.82, 2.24) is 23.9 Å². The molecule has 5 rings (SSSR count). The Kier molecular flexibility index (Phi) is 4.58. The highest BCUT2D eigenvalue weighted by atomic mass is 19.1. The maximum atomic E-state index is 14.3. The standard InChI is InChI=1S/C23H19FN6O2/c1-13(28-22-19-16(14(2)31)10-25-21(19)26-12-27-22)18-11-29-9-8-17(24)20(29)23(32)30(18)15-6-4-3-5-7-15/h3-13H,1-2H3,(H2,25,26,27,28)/t13-/m0/s1. The first-order chi connectivity index (χ1) is 15.5. The minimum atomic E-state index is -0.581. The van der Waals surface area contributed by atoms with Crippen LogP contribution in [0.3, 0.4) is 0 Å². The predicted molar refractivity (Wildman–Crippen MR) is 119 cm³/mol. The van der Waals surface area contributed by atoms with Crippen molar-refractivity contribution in [2.75, 3.05) is 5.32 Å². The van der Waals surface area contributed by atoms with Crippen LogP contribution in [0.1, 0.15) is 35.9 Å². The molecule has 0 aliphatic heterocycles. The molecule has 5 aromatic rings. The Hall–Kier alpha value is -4.27. The quantitative estimate of drug-likeness (QED) is 0.413. The Morgan fingerprint density at radius 3 is 2.72 bits per heavy atom. The summed E-state index contributed by atoms with van der Waals surface area (Å²) in [5.74, 6) is -0.241. The molecule has 2 N–H and O–H groups in total. The van der Waals surface area contributed by atoms with Gasteiger partial charge < -0.3 is 14.7 Å². The number of benzene rings is 1. The number of halogens is 1. The minimum Gasteiger partial charge on any atom is -0.361 e. The van der Waals surface area contributed by atoms with E-state index in [1.165, 1.54) is 34.5 Å². The second-order valence-electron chi connectivity index (χ2n) is 7.52. The van der Waals surface area contributed by atoms with Crippen LogP contribution in [0.25, 0.3) is 22.2 Å². The molecular formula is C23H19FN6O2. The molecule has 0 bridgehead atoms. The normalized spacial score (nSPS) is 12.3. The van der Waals surface area contributed by atoms with Gasteiger partial charge in [0.15, 0.2) is 11.6 Å².